The Morgan fingerprint density at radius 3 is 2.59 bits per heavy atom. The lowest BCUT2D eigenvalue weighted by Gasteiger charge is -2.10. The highest BCUT2D eigenvalue weighted by Crippen LogP contribution is 2.30. The lowest BCUT2D eigenvalue weighted by atomic mass is 10.2. The van der Waals surface area contributed by atoms with Crippen LogP contribution in [0.15, 0.2) is 53.7 Å². The number of benzene rings is 2. The molecule has 0 saturated carbocycles. The highest BCUT2D eigenvalue weighted by molar-refractivity contribution is 7.99. The van der Waals surface area contributed by atoms with Crippen molar-refractivity contribution in [3.05, 3.63) is 54.3 Å². The minimum atomic E-state index is -0.261. The molecule has 0 bridgehead atoms. The van der Waals surface area contributed by atoms with E-state index in [1.165, 1.54) is 12.1 Å². The van der Waals surface area contributed by atoms with E-state index >= 15 is 0 Å². The molecule has 0 aliphatic carbocycles. The molecule has 0 radical (unpaired) electrons. The average Bonchev–Trinajstić information content (AvgIpc) is 3.11. The summed E-state index contributed by atoms with van der Waals surface area (Å²) in [5.74, 6) is 2.86. The van der Waals surface area contributed by atoms with Crippen molar-refractivity contribution in [3.63, 3.8) is 0 Å². The van der Waals surface area contributed by atoms with Gasteiger partial charge in [0.1, 0.15) is 17.3 Å². The molecule has 0 aliphatic heterocycles. The van der Waals surface area contributed by atoms with Crippen molar-refractivity contribution in [1.29, 1.82) is 0 Å². The molecule has 0 N–H and O–H groups in total. The first-order chi connectivity index (χ1) is 13.2. The fraction of sp³-hybridized carbons (Fsp3) is 0.300. The van der Waals surface area contributed by atoms with E-state index in [1.54, 1.807) is 31.0 Å². The van der Waals surface area contributed by atoms with E-state index in [0.717, 1.165) is 41.0 Å². The molecule has 0 saturated heterocycles. The van der Waals surface area contributed by atoms with Gasteiger partial charge in [-0.05, 0) is 49.7 Å². The molecule has 0 aliphatic rings. The molecule has 1 heterocycles. The molecule has 5 nitrogen and oxygen atoms in total. The van der Waals surface area contributed by atoms with Gasteiger partial charge in [-0.25, -0.2) is 4.39 Å². The van der Waals surface area contributed by atoms with Crippen molar-refractivity contribution in [3.8, 4) is 22.9 Å². The number of methoxy groups -OCH3 is 1. The van der Waals surface area contributed by atoms with Gasteiger partial charge in [-0.3, -0.25) is 0 Å². The van der Waals surface area contributed by atoms with E-state index in [1.807, 2.05) is 24.3 Å². The Kier molecular flexibility index (Phi) is 6.70. The summed E-state index contributed by atoms with van der Waals surface area (Å²) in [5, 5.41) is 9.58. The van der Waals surface area contributed by atoms with Crippen molar-refractivity contribution in [2.45, 2.75) is 25.0 Å². The molecular formula is C20H22FN3O2S. The van der Waals surface area contributed by atoms with Gasteiger partial charge in [-0.1, -0.05) is 23.9 Å². The second kappa shape index (κ2) is 9.41. The van der Waals surface area contributed by atoms with E-state index in [0.29, 0.717) is 12.4 Å². The van der Waals surface area contributed by atoms with Crippen LogP contribution < -0.4 is 9.47 Å². The van der Waals surface area contributed by atoms with E-state index in [2.05, 4.69) is 21.7 Å². The Hall–Kier alpha value is -2.54. The SMILES string of the molecule is CCn1c(SCCCOc2ccc(F)cc2)nnc1-c1ccccc1OC. The molecule has 0 unspecified atom stereocenters. The number of rotatable bonds is 9. The van der Waals surface area contributed by atoms with E-state index in [-0.39, 0.29) is 5.82 Å². The maximum Gasteiger partial charge on any atom is 0.191 e. The van der Waals surface area contributed by atoms with Crippen molar-refractivity contribution < 1.29 is 13.9 Å². The van der Waals surface area contributed by atoms with Gasteiger partial charge >= 0.3 is 0 Å². The Bertz CT molecular complexity index is 868. The third-order valence-electron chi connectivity index (χ3n) is 3.98. The van der Waals surface area contributed by atoms with Crippen LogP contribution in [-0.4, -0.2) is 34.2 Å². The highest BCUT2D eigenvalue weighted by Gasteiger charge is 2.16. The smallest absolute Gasteiger partial charge is 0.191 e. The van der Waals surface area contributed by atoms with Crippen molar-refractivity contribution >= 4 is 11.8 Å². The zero-order chi connectivity index (χ0) is 19.1. The van der Waals surface area contributed by atoms with Gasteiger partial charge in [0.25, 0.3) is 0 Å². The fourth-order valence-corrected chi connectivity index (χ4v) is 3.57. The van der Waals surface area contributed by atoms with Gasteiger partial charge < -0.3 is 14.0 Å². The molecule has 0 fully saturated rings. The minimum Gasteiger partial charge on any atom is -0.496 e. The molecule has 0 amide bonds. The molecule has 142 valence electrons. The Morgan fingerprint density at radius 1 is 1.07 bits per heavy atom. The van der Waals surface area contributed by atoms with Gasteiger partial charge in [0.05, 0.1) is 19.3 Å². The van der Waals surface area contributed by atoms with E-state index in [4.69, 9.17) is 9.47 Å². The van der Waals surface area contributed by atoms with Crippen LogP contribution in [0.2, 0.25) is 0 Å². The third-order valence-corrected chi connectivity index (χ3v) is 5.04. The van der Waals surface area contributed by atoms with Crippen LogP contribution in [0.1, 0.15) is 13.3 Å². The number of ether oxygens (including phenoxy) is 2. The molecule has 27 heavy (non-hydrogen) atoms. The van der Waals surface area contributed by atoms with Crippen LogP contribution >= 0.6 is 11.8 Å². The number of aromatic nitrogens is 3. The predicted molar refractivity (Wildman–Crippen MR) is 105 cm³/mol. The first kappa shape index (κ1) is 19.2. The summed E-state index contributed by atoms with van der Waals surface area (Å²) in [5.41, 5.74) is 0.931. The second-order valence-electron chi connectivity index (χ2n) is 5.76. The van der Waals surface area contributed by atoms with Gasteiger partial charge in [0, 0.05) is 12.3 Å². The Labute approximate surface area is 162 Å². The maximum atomic E-state index is 12.9. The Morgan fingerprint density at radius 2 is 1.85 bits per heavy atom. The van der Waals surface area contributed by atoms with E-state index < -0.39 is 0 Å². The van der Waals surface area contributed by atoms with E-state index in [9.17, 15) is 4.39 Å². The van der Waals surface area contributed by atoms with Crippen LogP contribution in [0.3, 0.4) is 0 Å². The largest absolute Gasteiger partial charge is 0.496 e. The van der Waals surface area contributed by atoms with Crippen LogP contribution in [0.5, 0.6) is 11.5 Å². The number of thioether (sulfide) groups is 1. The lowest BCUT2D eigenvalue weighted by Crippen LogP contribution is -2.02. The van der Waals surface area contributed by atoms with Crippen molar-refractivity contribution in [2.24, 2.45) is 0 Å². The molecule has 3 rings (SSSR count). The second-order valence-corrected chi connectivity index (χ2v) is 6.82. The topological polar surface area (TPSA) is 49.2 Å². The maximum absolute atomic E-state index is 12.9. The number of halogens is 1. The standard InChI is InChI=1S/C20H22FN3O2S/c1-3-24-19(17-7-4-5-8-18(17)25-2)22-23-20(24)27-14-6-13-26-16-11-9-15(21)10-12-16/h4-5,7-12H,3,6,13-14H2,1-2H3. The molecule has 0 spiro atoms. The third kappa shape index (κ3) is 4.80. The molecular weight excluding hydrogens is 365 g/mol. The molecule has 1 aromatic heterocycles. The average molecular weight is 387 g/mol. The van der Waals surface area contributed by atoms with Crippen molar-refractivity contribution in [2.75, 3.05) is 19.5 Å². The molecule has 0 atom stereocenters. The summed E-state index contributed by atoms with van der Waals surface area (Å²) in [6.45, 7) is 3.41. The summed E-state index contributed by atoms with van der Waals surface area (Å²) in [7, 11) is 1.66. The van der Waals surface area contributed by atoms with Gasteiger partial charge in [0.15, 0.2) is 11.0 Å². The normalized spacial score (nSPS) is 10.8. The number of hydrogen-bond donors (Lipinski definition) is 0. The summed E-state index contributed by atoms with van der Waals surface area (Å²) < 4.78 is 26.0. The van der Waals surface area contributed by atoms with Gasteiger partial charge in [-0.15, -0.1) is 10.2 Å². The lowest BCUT2D eigenvalue weighted by molar-refractivity contribution is 0.318. The number of para-hydroxylation sites is 1. The minimum absolute atomic E-state index is 0.261. The van der Waals surface area contributed by atoms with Crippen LogP contribution in [0, 0.1) is 5.82 Å². The highest BCUT2D eigenvalue weighted by atomic mass is 32.2. The first-order valence-electron chi connectivity index (χ1n) is 8.80. The van der Waals surface area contributed by atoms with Gasteiger partial charge in [-0.2, -0.15) is 0 Å². The summed E-state index contributed by atoms with van der Waals surface area (Å²) in [6, 6.07) is 13.9. The summed E-state index contributed by atoms with van der Waals surface area (Å²) in [4.78, 5) is 0. The van der Waals surface area contributed by atoms with Crippen LogP contribution in [-0.2, 0) is 6.54 Å². The zero-order valence-corrected chi connectivity index (χ0v) is 16.2. The monoisotopic (exact) mass is 387 g/mol. The zero-order valence-electron chi connectivity index (χ0n) is 15.4. The quantitative estimate of drug-likeness (QED) is 0.394. The molecule has 2 aromatic carbocycles. The number of nitrogens with zero attached hydrogens (tertiary/aromatic N) is 3. The summed E-state index contributed by atoms with van der Waals surface area (Å²) in [6.07, 6.45) is 0.850. The Balaban J connectivity index is 1.58. The summed E-state index contributed by atoms with van der Waals surface area (Å²) >= 11 is 1.65. The fourth-order valence-electron chi connectivity index (χ4n) is 2.65. The van der Waals surface area contributed by atoms with Crippen molar-refractivity contribution in [1.82, 2.24) is 14.8 Å². The first-order valence-corrected chi connectivity index (χ1v) is 9.79. The molecule has 3 aromatic rings. The van der Waals surface area contributed by atoms with Crippen LogP contribution in [0.25, 0.3) is 11.4 Å². The predicted octanol–water partition coefficient (Wildman–Crippen LogP) is 4.67. The number of hydrogen-bond acceptors (Lipinski definition) is 5. The molecule has 7 heteroatoms. The van der Waals surface area contributed by atoms with Gasteiger partial charge in [0.2, 0.25) is 0 Å². The van der Waals surface area contributed by atoms with Crippen LogP contribution in [0.4, 0.5) is 4.39 Å².